The summed E-state index contributed by atoms with van der Waals surface area (Å²) in [4.78, 5) is 14.8. The van der Waals surface area contributed by atoms with Gasteiger partial charge in [0.15, 0.2) is 0 Å². The Balaban J connectivity index is 1.63. The standard InChI is InChI=1S/C16H23N3O/c1-11(19-10-13-5-6-15(19)8-13)16(20)18-14-4-2-3-12(7-14)9-17/h2-4,7,11,13,15H,5-6,8-10,17H2,1H3,(H,18,20). The average molecular weight is 273 g/mol. The molecule has 108 valence electrons. The first-order chi connectivity index (χ1) is 9.67. The number of piperidine rings is 1. The van der Waals surface area contributed by atoms with E-state index in [4.69, 9.17) is 5.73 Å². The van der Waals surface area contributed by atoms with Gasteiger partial charge in [-0.3, -0.25) is 9.69 Å². The fourth-order valence-electron chi connectivity index (χ4n) is 3.61. The summed E-state index contributed by atoms with van der Waals surface area (Å²) < 4.78 is 0. The van der Waals surface area contributed by atoms with Crippen LogP contribution in [0.4, 0.5) is 5.69 Å². The van der Waals surface area contributed by atoms with Crippen molar-refractivity contribution >= 4 is 11.6 Å². The number of hydrogen-bond donors (Lipinski definition) is 2. The second-order valence-electron chi connectivity index (χ2n) is 6.10. The highest BCUT2D eigenvalue weighted by atomic mass is 16.2. The van der Waals surface area contributed by atoms with Crippen LogP contribution >= 0.6 is 0 Å². The maximum Gasteiger partial charge on any atom is 0.241 e. The number of anilines is 1. The van der Waals surface area contributed by atoms with Gasteiger partial charge >= 0.3 is 0 Å². The van der Waals surface area contributed by atoms with E-state index in [2.05, 4.69) is 10.2 Å². The van der Waals surface area contributed by atoms with E-state index in [1.165, 1.54) is 19.3 Å². The summed E-state index contributed by atoms with van der Waals surface area (Å²) in [7, 11) is 0. The van der Waals surface area contributed by atoms with Crippen molar-refractivity contribution in [2.45, 2.75) is 44.8 Å². The minimum Gasteiger partial charge on any atom is -0.326 e. The third-order valence-corrected chi connectivity index (χ3v) is 4.76. The molecule has 1 aliphatic carbocycles. The molecule has 4 nitrogen and oxygen atoms in total. The fourth-order valence-corrected chi connectivity index (χ4v) is 3.61. The largest absolute Gasteiger partial charge is 0.326 e. The number of fused-ring (bicyclic) bond motifs is 2. The number of amides is 1. The van der Waals surface area contributed by atoms with Crippen LogP contribution in [0.25, 0.3) is 0 Å². The molecular weight excluding hydrogens is 250 g/mol. The third-order valence-electron chi connectivity index (χ3n) is 4.76. The van der Waals surface area contributed by atoms with Crippen LogP contribution in [0.15, 0.2) is 24.3 Å². The minimum atomic E-state index is -0.0492. The Bertz CT molecular complexity index is 502. The molecule has 1 heterocycles. The lowest BCUT2D eigenvalue weighted by molar-refractivity contribution is -0.121. The van der Waals surface area contributed by atoms with Crippen LogP contribution in [0, 0.1) is 5.92 Å². The van der Waals surface area contributed by atoms with Gasteiger partial charge in [0, 0.05) is 24.8 Å². The van der Waals surface area contributed by atoms with Gasteiger partial charge in [-0.2, -0.15) is 0 Å². The van der Waals surface area contributed by atoms with Crippen LogP contribution < -0.4 is 11.1 Å². The number of carbonyl (C=O) groups is 1. The summed E-state index contributed by atoms with van der Waals surface area (Å²) in [5.41, 5.74) is 7.51. The molecule has 0 radical (unpaired) electrons. The molecule has 1 saturated heterocycles. The molecule has 1 amide bonds. The van der Waals surface area contributed by atoms with E-state index in [-0.39, 0.29) is 11.9 Å². The predicted octanol–water partition coefficient (Wildman–Crippen LogP) is 1.96. The van der Waals surface area contributed by atoms with Crippen LogP contribution in [0.1, 0.15) is 31.7 Å². The van der Waals surface area contributed by atoms with E-state index in [9.17, 15) is 4.79 Å². The van der Waals surface area contributed by atoms with Crippen molar-refractivity contribution in [2.24, 2.45) is 11.7 Å². The maximum atomic E-state index is 12.4. The fraction of sp³-hybridized carbons (Fsp3) is 0.562. The number of nitrogens with one attached hydrogen (secondary N) is 1. The van der Waals surface area contributed by atoms with Gasteiger partial charge in [-0.1, -0.05) is 12.1 Å². The summed E-state index contributed by atoms with van der Waals surface area (Å²) in [5.74, 6) is 0.905. The Morgan fingerprint density at radius 3 is 3.00 bits per heavy atom. The molecule has 3 rings (SSSR count). The zero-order valence-corrected chi connectivity index (χ0v) is 12.0. The number of hydrogen-bond acceptors (Lipinski definition) is 3. The van der Waals surface area contributed by atoms with Crippen molar-refractivity contribution in [3.05, 3.63) is 29.8 Å². The van der Waals surface area contributed by atoms with Crippen LogP contribution in [-0.4, -0.2) is 29.4 Å². The smallest absolute Gasteiger partial charge is 0.241 e. The number of likely N-dealkylation sites (tertiary alicyclic amines) is 1. The summed E-state index contributed by atoms with van der Waals surface area (Å²) in [6.07, 6.45) is 3.87. The Labute approximate surface area is 120 Å². The molecule has 2 aliphatic rings. The number of carbonyl (C=O) groups excluding carboxylic acids is 1. The van der Waals surface area contributed by atoms with E-state index in [1.807, 2.05) is 31.2 Å². The maximum absolute atomic E-state index is 12.4. The van der Waals surface area contributed by atoms with Crippen LogP contribution in [-0.2, 0) is 11.3 Å². The molecule has 0 aromatic heterocycles. The zero-order chi connectivity index (χ0) is 14.1. The highest BCUT2D eigenvalue weighted by Gasteiger charge is 2.41. The highest BCUT2D eigenvalue weighted by Crippen LogP contribution is 2.38. The molecule has 2 fully saturated rings. The van der Waals surface area contributed by atoms with Crippen molar-refractivity contribution in [2.75, 3.05) is 11.9 Å². The molecule has 1 aromatic carbocycles. The number of benzene rings is 1. The van der Waals surface area contributed by atoms with Gasteiger partial charge in [0.05, 0.1) is 6.04 Å². The predicted molar refractivity (Wildman–Crippen MR) is 80.3 cm³/mol. The van der Waals surface area contributed by atoms with Crippen molar-refractivity contribution < 1.29 is 4.79 Å². The van der Waals surface area contributed by atoms with E-state index >= 15 is 0 Å². The van der Waals surface area contributed by atoms with Crippen LogP contribution in [0.2, 0.25) is 0 Å². The Morgan fingerprint density at radius 2 is 2.35 bits per heavy atom. The third kappa shape index (κ3) is 2.58. The normalized spacial score (nSPS) is 26.7. The number of nitrogens with two attached hydrogens (primary N) is 1. The average Bonchev–Trinajstić information content (AvgIpc) is 3.09. The quantitative estimate of drug-likeness (QED) is 0.881. The second-order valence-corrected chi connectivity index (χ2v) is 6.10. The van der Waals surface area contributed by atoms with Crippen molar-refractivity contribution in [3.8, 4) is 0 Å². The van der Waals surface area contributed by atoms with Crippen molar-refractivity contribution in [1.82, 2.24) is 4.90 Å². The molecule has 3 N–H and O–H groups in total. The summed E-state index contributed by atoms with van der Waals surface area (Å²) in [6.45, 7) is 3.60. The van der Waals surface area contributed by atoms with Gasteiger partial charge in [0.1, 0.15) is 0 Å². The monoisotopic (exact) mass is 273 g/mol. The van der Waals surface area contributed by atoms with E-state index < -0.39 is 0 Å². The molecule has 3 atom stereocenters. The molecule has 0 spiro atoms. The lowest BCUT2D eigenvalue weighted by Gasteiger charge is -2.31. The van der Waals surface area contributed by atoms with E-state index in [0.717, 1.165) is 23.7 Å². The van der Waals surface area contributed by atoms with E-state index in [0.29, 0.717) is 12.6 Å². The van der Waals surface area contributed by atoms with E-state index in [1.54, 1.807) is 0 Å². The summed E-state index contributed by atoms with van der Waals surface area (Å²) >= 11 is 0. The number of rotatable bonds is 4. The Hall–Kier alpha value is -1.39. The van der Waals surface area contributed by atoms with Gasteiger partial charge in [0.2, 0.25) is 5.91 Å². The van der Waals surface area contributed by atoms with Gasteiger partial charge in [-0.25, -0.2) is 0 Å². The molecule has 3 unspecified atom stereocenters. The lowest BCUT2D eigenvalue weighted by atomic mass is 10.1. The Morgan fingerprint density at radius 1 is 1.50 bits per heavy atom. The highest BCUT2D eigenvalue weighted by molar-refractivity contribution is 5.94. The topological polar surface area (TPSA) is 58.4 Å². The van der Waals surface area contributed by atoms with Gasteiger partial charge in [0.25, 0.3) is 0 Å². The van der Waals surface area contributed by atoms with Gasteiger partial charge in [-0.05, 0) is 49.8 Å². The first kappa shape index (κ1) is 13.6. The van der Waals surface area contributed by atoms with Crippen molar-refractivity contribution in [1.29, 1.82) is 0 Å². The minimum absolute atomic E-state index is 0.0492. The van der Waals surface area contributed by atoms with Gasteiger partial charge < -0.3 is 11.1 Å². The van der Waals surface area contributed by atoms with Crippen LogP contribution in [0.5, 0.6) is 0 Å². The lowest BCUT2D eigenvalue weighted by Crippen LogP contribution is -2.46. The zero-order valence-electron chi connectivity index (χ0n) is 12.0. The summed E-state index contributed by atoms with van der Waals surface area (Å²) in [5, 5.41) is 3.02. The molecular formula is C16H23N3O. The molecule has 2 bridgehead atoms. The van der Waals surface area contributed by atoms with Crippen molar-refractivity contribution in [3.63, 3.8) is 0 Å². The van der Waals surface area contributed by atoms with Gasteiger partial charge in [-0.15, -0.1) is 0 Å². The van der Waals surface area contributed by atoms with Crippen LogP contribution in [0.3, 0.4) is 0 Å². The summed E-state index contributed by atoms with van der Waals surface area (Å²) in [6, 6.07) is 8.34. The molecule has 4 heteroatoms. The molecule has 1 saturated carbocycles. The second kappa shape index (κ2) is 5.54. The Kier molecular flexibility index (Phi) is 3.76. The molecule has 20 heavy (non-hydrogen) atoms. The number of nitrogens with zero attached hydrogens (tertiary/aromatic N) is 1. The first-order valence-electron chi connectivity index (χ1n) is 7.53. The SMILES string of the molecule is CC(C(=O)Nc1cccc(CN)c1)N1CC2CCC1C2. The molecule has 1 aromatic rings. The first-order valence-corrected chi connectivity index (χ1v) is 7.53. The molecule has 1 aliphatic heterocycles.